The maximum atomic E-state index is 13.5. The Balaban J connectivity index is 2.75. The quantitative estimate of drug-likeness (QED) is 0.564. The van der Waals surface area contributed by atoms with Gasteiger partial charge in [-0.2, -0.15) is 13.2 Å². The van der Waals surface area contributed by atoms with E-state index in [1.54, 1.807) is 0 Å². The van der Waals surface area contributed by atoms with E-state index in [9.17, 15) is 31.1 Å². The average Bonchev–Trinajstić information content (AvgIpc) is 2.51. The predicted molar refractivity (Wildman–Crippen MR) is 74.9 cm³/mol. The molecule has 2 aromatic rings. The van der Waals surface area contributed by atoms with Crippen LogP contribution in [0.1, 0.15) is 15.9 Å². The second-order valence-corrected chi connectivity index (χ2v) is 4.76. The van der Waals surface area contributed by atoms with Crippen molar-refractivity contribution in [2.24, 2.45) is 0 Å². The van der Waals surface area contributed by atoms with E-state index in [4.69, 9.17) is 0 Å². The van der Waals surface area contributed by atoms with Crippen molar-refractivity contribution in [3.63, 3.8) is 0 Å². The highest BCUT2D eigenvalue weighted by atomic mass is 19.4. The van der Waals surface area contributed by atoms with E-state index in [0.29, 0.717) is 0 Å². The summed E-state index contributed by atoms with van der Waals surface area (Å²) in [6, 6.07) is 7.30. The zero-order chi connectivity index (χ0) is 18.8. The first-order chi connectivity index (χ1) is 11.5. The maximum absolute atomic E-state index is 13.5. The highest BCUT2D eigenvalue weighted by Crippen LogP contribution is 2.43. The fraction of sp³-hybridized carbons (Fsp3) is 0.188. The number of carbonyl (C=O) groups excluding carboxylic acids is 1. The molecule has 0 fully saturated rings. The molecule has 0 bridgehead atoms. The molecule has 0 N–H and O–H groups in total. The van der Waals surface area contributed by atoms with Crippen molar-refractivity contribution in [3.05, 3.63) is 53.6 Å². The summed E-state index contributed by atoms with van der Waals surface area (Å²) >= 11 is 0. The Morgan fingerprint density at radius 1 is 0.880 bits per heavy atom. The van der Waals surface area contributed by atoms with Gasteiger partial charge in [-0.3, -0.25) is 0 Å². The molecule has 0 spiro atoms. The number of ether oxygens (including phenoxy) is 2. The van der Waals surface area contributed by atoms with Gasteiger partial charge in [-0.15, -0.1) is 13.2 Å². The van der Waals surface area contributed by atoms with Gasteiger partial charge in [-0.05, 0) is 17.7 Å². The van der Waals surface area contributed by atoms with E-state index in [1.807, 2.05) is 0 Å². The van der Waals surface area contributed by atoms with Crippen LogP contribution in [-0.4, -0.2) is 19.4 Å². The number of benzene rings is 2. The molecular weight excluding hydrogens is 354 g/mol. The smallest absolute Gasteiger partial charge is 0.465 e. The van der Waals surface area contributed by atoms with Crippen molar-refractivity contribution in [3.8, 4) is 16.9 Å². The van der Waals surface area contributed by atoms with Crippen molar-refractivity contribution in [2.45, 2.75) is 12.5 Å². The van der Waals surface area contributed by atoms with E-state index in [1.165, 1.54) is 12.1 Å². The number of hydrogen-bond donors (Lipinski definition) is 0. The third-order valence-corrected chi connectivity index (χ3v) is 3.16. The Kier molecular flexibility index (Phi) is 4.96. The van der Waals surface area contributed by atoms with Crippen LogP contribution in [0.4, 0.5) is 26.3 Å². The molecule has 25 heavy (non-hydrogen) atoms. The number of alkyl halides is 6. The normalized spacial score (nSPS) is 12.0. The van der Waals surface area contributed by atoms with Crippen LogP contribution in [0, 0.1) is 0 Å². The van der Waals surface area contributed by atoms with Crippen LogP contribution in [0.2, 0.25) is 0 Å². The van der Waals surface area contributed by atoms with Gasteiger partial charge in [0.2, 0.25) is 0 Å². The summed E-state index contributed by atoms with van der Waals surface area (Å²) in [6.07, 6.45) is -10.1. The molecule has 0 radical (unpaired) electrons. The summed E-state index contributed by atoms with van der Waals surface area (Å²) < 4.78 is 86.1. The van der Waals surface area contributed by atoms with E-state index < -0.39 is 46.5 Å². The van der Waals surface area contributed by atoms with Crippen LogP contribution < -0.4 is 4.74 Å². The number of esters is 1. The summed E-state index contributed by atoms with van der Waals surface area (Å²) in [5.74, 6) is -2.08. The molecule has 0 saturated carbocycles. The summed E-state index contributed by atoms with van der Waals surface area (Å²) in [6.45, 7) is 0. The maximum Gasteiger partial charge on any atom is 0.573 e. The molecule has 0 aromatic heterocycles. The molecule has 2 aromatic carbocycles. The van der Waals surface area contributed by atoms with Gasteiger partial charge in [0.25, 0.3) is 0 Å². The van der Waals surface area contributed by atoms with Crippen molar-refractivity contribution in [2.75, 3.05) is 7.11 Å². The lowest BCUT2D eigenvalue weighted by atomic mass is 9.94. The number of methoxy groups -OCH3 is 1. The molecule has 0 saturated heterocycles. The fourth-order valence-electron chi connectivity index (χ4n) is 2.27. The number of carbonyl (C=O) groups is 1. The number of para-hydroxylation sites is 1. The molecular formula is C16H10F6O3. The number of hydrogen-bond acceptors (Lipinski definition) is 3. The first-order valence-electron chi connectivity index (χ1n) is 6.68. The second-order valence-electron chi connectivity index (χ2n) is 4.76. The Morgan fingerprint density at radius 3 is 2.04 bits per heavy atom. The Labute approximate surface area is 137 Å². The molecule has 0 aliphatic rings. The minimum Gasteiger partial charge on any atom is -0.465 e. The Hall–Kier alpha value is -2.71. The first kappa shape index (κ1) is 18.6. The van der Waals surface area contributed by atoms with Crippen LogP contribution in [-0.2, 0) is 10.9 Å². The van der Waals surface area contributed by atoms with Gasteiger partial charge < -0.3 is 9.47 Å². The van der Waals surface area contributed by atoms with Crippen molar-refractivity contribution in [1.29, 1.82) is 0 Å². The van der Waals surface area contributed by atoms with Crippen LogP contribution in [0.3, 0.4) is 0 Å². The average molecular weight is 364 g/mol. The van der Waals surface area contributed by atoms with E-state index in [2.05, 4.69) is 9.47 Å². The SMILES string of the molecule is COC(=O)c1cccc(-c2ccccc2OC(F)(F)F)c1C(F)(F)F. The monoisotopic (exact) mass is 364 g/mol. The topological polar surface area (TPSA) is 35.5 Å². The van der Waals surface area contributed by atoms with Crippen LogP contribution >= 0.6 is 0 Å². The molecule has 0 unspecified atom stereocenters. The van der Waals surface area contributed by atoms with Gasteiger partial charge >= 0.3 is 18.5 Å². The zero-order valence-electron chi connectivity index (χ0n) is 12.5. The van der Waals surface area contributed by atoms with E-state index in [0.717, 1.165) is 37.4 Å². The molecule has 0 amide bonds. The molecule has 9 heteroatoms. The van der Waals surface area contributed by atoms with Crippen LogP contribution in [0.15, 0.2) is 42.5 Å². The highest BCUT2D eigenvalue weighted by molar-refractivity contribution is 5.94. The lowest BCUT2D eigenvalue weighted by Gasteiger charge is -2.19. The fourth-order valence-corrected chi connectivity index (χ4v) is 2.27. The first-order valence-corrected chi connectivity index (χ1v) is 6.68. The zero-order valence-corrected chi connectivity index (χ0v) is 12.5. The van der Waals surface area contributed by atoms with Crippen LogP contribution in [0.5, 0.6) is 5.75 Å². The summed E-state index contributed by atoms with van der Waals surface area (Å²) in [5, 5.41) is 0. The minimum absolute atomic E-state index is 0.460. The third kappa shape index (κ3) is 4.23. The standard InChI is InChI=1S/C16H10F6O3/c1-24-14(23)11-7-4-6-10(13(11)15(17,18)19)9-5-2-3-8-12(9)25-16(20,21)22/h2-8H,1H3. The van der Waals surface area contributed by atoms with Crippen molar-refractivity contribution < 1.29 is 40.6 Å². The van der Waals surface area contributed by atoms with Gasteiger partial charge in [-0.25, -0.2) is 4.79 Å². The molecule has 0 heterocycles. The van der Waals surface area contributed by atoms with Gasteiger partial charge in [0.15, 0.2) is 0 Å². The lowest BCUT2D eigenvalue weighted by Crippen LogP contribution is -2.19. The van der Waals surface area contributed by atoms with Crippen molar-refractivity contribution in [1.82, 2.24) is 0 Å². The van der Waals surface area contributed by atoms with E-state index >= 15 is 0 Å². The van der Waals surface area contributed by atoms with Gasteiger partial charge in [-0.1, -0.05) is 30.3 Å². The minimum atomic E-state index is -5.09. The summed E-state index contributed by atoms with van der Waals surface area (Å²) in [4.78, 5) is 11.6. The molecule has 0 atom stereocenters. The summed E-state index contributed by atoms with van der Waals surface area (Å²) in [5.41, 5.74) is -3.30. The lowest BCUT2D eigenvalue weighted by molar-refractivity contribution is -0.274. The van der Waals surface area contributed by atoms with Gasteiger partial charge in [0.05, 0.1) is 18.2 Å². The third-order valence-electron chi connectivity index (χ3n) is 3.16. The van der Waals surface area contributed by atoms with Gasteiger partial charge in [0.1, 0.15) is 5.75 Å². The van der Waals surface area contributed by atoms with Gasteiger partial charge in [0, 0.05) is 5.56 Å². The number of rotatable bonds is 3. The summed E-state index contributed by atoms with van der Waals surface area (Å²) in [7, 11) is 0.899. The molecule has 134 valence electrons. The van der Waals surface area contributed by atoms with Crippen molar-refractivity contribution >= 4 is 5.97 Å². The molecule has 0 aliphatic heterocycles. The van der Waals surface area contributed by atoms with Crippen LogP contribution in [0.25, 0.3) is 11.1 Å². The highest BCUT2D eigenvalue weighted by Gasteiger charge is 2.40. The largest absolute Gasteiger partial charge is 0.573 e. The van der Waals surface area contributed by atoms with E-state index in [-0.39, 0.29) is 0 Å². The molecule has 2 rings (SSSR count). The Bertz CT molecular complexity index is 780. The Morgan fingerprint density at radius 2 is 1.48 bits per heavy atom. The molecule has 3 nitrogen and oxygen atoms in total. The second kappa shape index (κ2) is 6.66. The number of halogens is 6. The molecule has 0 aliphatic carbocycles. The predicted octanol–water partition coefficient (Wildman–Crippen LogP) is 5.06.